The number of hydrogen-bond donors (Lipinski definition) is 1. The van der Waals surface area contributed by atoms with Crippen molar-refractivity contribution in [1.82, 2.24) is 14.8 Å². The van der Waals surface area contributed by atoms with E-state index in [0.29, 0.717) is 6.54 Å². The van der Waals surface area contributed by atoms with Gasteiger partial charge in [-0.05, 0) is 24.6 Å². The average Bonchev–Trinajstić information content (AvgIpc) is 3.09. The molecule has 112 valence electrons. The summed E-state index contributed by atoms with van der Waals surface area (Å²) in [6.45, 7) is 4.09. The fourth-order valence-corrected chi connectivity index (χ4v) is 4.03. The van der Waals surface area contributed by atoms with Crippen molar-refractivity contribution in [3.8, 4) is 5.75 Å². The molecule has 2 heterocycles. The molecular weight excluding hydrogens is 352 g/mol. The first-order valence-electron chi connectivity index (χ1n) is 6.92. The zero-order chi connectivity index (χ0) is 14.8. The monoisotopic (exact) mass is 368 g/mol. The van der Waals surface area contributed by atoms with E-state index in [1.807, 2.05) is 0 Å². The number of aromatic nitrogens is 3. The van der Waals surface area contributed by atoms with E-state index < -0.39 is 0 Å². The molecule has 7 heteroatoms. The molecule has 1 aromatic heterocycles. The van der Waals surface area contributed by atoms with E-state index in [-0.39, 0.29) is 0 Å². The molecule has 2 aromatic rings. The Morgan fingerprint density at radius 3 is 3.05 bits per heavy atom. The zero-order valence-electron chi connectivity index (χ0n) is 11.8. The molecule has 1 aliphatic heterocycles. The van der Waals surface area contributed by atoms with Crippen LogP contribution in [0.1, 0.15) is 23.9 Å². The van der Waals surface area contributed by atoms with Gasteiger partial charge in [0.15, 0.2) is 5.16 Å². The van der Waals surface area contributed by atoms with E-state index in [4.69, 9.17) is 10.5 Å². The van der Waals surface area contributed by atoms with E-state index >= 15 is 0 Å². The lowest BCUT2D eigenvalue weighted by molar-refractivity contribution is 0.354. The Balaban J connectivity index is 1.81. The summed E-state index contributed by atoms with van der Waals surface area (Å²) >= 11 is 5.24. The summed E-state index contributed by atoms with van der Waals surface area (Å²) in [6, 6.07) is 4.26. The van der Waals surface area contributed by atoms with E-state index in [1.165, 1.54) is 11.1 Å². The second-order valence-corrected chi connectivity index (χ2v) is 6.65. The lowest BCUT2D eigenvalue weighted by atomic mass is 10.1. The van der Waals surface area contributed by atoms with Crippen LogP contribution in [0.15, 0.2) is 21.8 Å². The third-order valence-electron chi connectivity index (χ3n) is 3.47. The van der Waals surface area contributed by atoms with Gasteiger partial charge in [-0.25, -0.2) is 0 Å². The molecule has 0 amide bonds. The molecule has 21 heavy (non-hydrogen) atoms. The lowest BCUT2D eigenvalue weighted by Crippen LogP contribution is -2.08. The van der Waals surface area contributed by atoms with Gasteiger partial charge in [-0.1, -0.05) is 27.7 Å². The summed E-state index contributed by atoms with van der Waals surface area (Å²) in [7, 11) is 0. The van der Waals surface area contributed by atoms with Crippen molar-refractivity contribution in [2.75, 3.05) is 6.61 Å². The molecule has 0 radical (unpaired) electrons. The highest BCUT2D eigenvalue weighted by atomic mass is 79.9. The van der Waals surface area contributed by atoms with Gasteiger partial charge in [0.25, 0.3) is 0 Å². The van der Waals surface area contributed by atoms with E-state index in [9.17, 15) is 0 Å². The van der Waals surface area contributed by atoms with E-state index in [0.717, 1.165) is 46.5 Å². The number of benzene rings is 1. The summed E-state index contributed by atoms with van der Waals surface area (Å²) in [6.07, 6.45) is 0.981. The lowest BCUT2D eigenvalue weighted by Gasteiger charge is -2.09. The average molecular weight is 369 g/mol. The Labute approximate surface area is 136 Å². The van der Waals surface area contributed by atoms with Crippen LogP contribution in [0.25, 0.3) is 0 Å². The molecule has 0 spiro atoms. The Hall–Kier alpha value is -1.05. The number of nitrogens with two attached hydrogens (primary N) is 1. The zero-order valence-corrected chi connectivity index (χ0v) is 14.2. The summed E-state index contributed by atoms with van der Waals surface area (Å²) in [5, 5.41) is 9.27. The van der Waals surface area contributed by atoms with Crippen LogP contribution in [-0.2, 0) is 25.3 Å². The third-order valence-corrected chi connectivity index (χ3v) is 4.95. The standard InChI is InChI=1S/C14H17BrN4OS/c1-2-19-12(7-16)17-18-14(19)21-8-10-6-11(15)5-9-3-4-20-13(9)10/h5-6H,2-4,7-8,16H2,1H3. The summed E-state index contributed by atoms with van der Waals surface area (Å²) in [4.78, 5) is 0. The number of hydrogen-bond acceptors (Lipinski definition) is 5. The van der Waals surface area contributed by atoms with Gasteiger partial charge >= 0.3 is 0 Å². The van der Waals surface area contributed by atoms with Crippen molar-refractivity contribution in [1.29, 1.82) is 0 Å². The first-order valence-corrected chi connectivity index (χ1v) is 8.69. The van der Waals surface area contributed by atoms with Crippen LogP contribution in [-0.4, -0.2) is 21.4 Å². The van der Waals surface area contributed by atoms with E-state index in [1.54, 1.807) is 11.8 Å². The fraction of sp³-hybridized carbons (Fsp3) is 0.429. The highest BCUT2D eigenvalue weighted by molar-refractivity contribution is 9.10. The molecule has 0 fully saturated rings. The molecule has 1 aromatic carbocycles. The Bertz CT molecular complexity index is 659. The Kier molecular flexibility index (Phi) is 4.51. The number of fused-ring (bicyclic) bond motifs is 1. The predicted octanol–water partition coefficient (Wildman–Crippen LogP) is 2.75. The Morgan fingerprint density at radius 2 is 2.29 bits per heavy atom. The van der Waals surface area contributed by atoms with Crippen molar-refractivity contribution >= 4 is 27.7 Å². The predicted molar refractivity (Wildman–Crippen MR) is 86.5 cm³/mol. The highest BCUT2D eigenvalue weighted by Crippen LogP contribution is 2.36. The minimum atomic E-state index is 0.413. The van der Waals surface area contributed by atoms with Gasteiger partial charge in [0.2, 0.25) is 0 Å². The topological polar surface area (TPSA) is 66.0 Å². The molecule has 0 saturated carbocycles. The second-order valence-electron chi connectivity index (χ2n) is 4.79. The number of ether oxygens (including phenoxy) is 1. The molecule has 0 atom stereocenters. The van der Waals surface area contributed by atoms with Crippen LogP contribution in [0.2, 0.25) is 0 Å². The fourth-order valence-electron chi connectivity index (χ4n) is 2.49. The minimum absolute atomic E-state index is 0.413. The first kappa shape index (κ1) is 14.9. The number of rotatable bonds is 5. The molecule has 3 rings (SSSR count). The van der Waals surface area contributed by atoms with Gasteiger partial charge in [-0.3, -0.25) is 0 Å². The number of nitrogens with zero attached hydrogens (tertiary/aromatic N) is 3. The number of halogens is 1. The van der Waals surface area contributed by atoms with E-state index in [2.05, 4.69) is 49.8 Å². The highest BCUT2D eigenvalue weighted by Gasteiger charge is 2.18. The van der Waals surface area contributed by atoms with Crippen molar-refractivity contribution < 1.29 is 4.74 Å². The Morgan fingerprint density at radius 1 is 1.43 bits per heavy atom. The van der Waals surface area contributed by atoms with Crippen LogP contribution >= 0.6 is 27.7 Å². The van der Waals surface area contributed by atoms with Gasteiger partial charge < -0.3 is 15.0 Å². The molecule has 0 aliphatic carbocycles. The van der Waals surface area contributed by atoms with Crippen LogP contribution in [0.3, 0.4) is 0 Å². The molecule has 5 nitrogen and oxygen atoms in total. The maximum Gasteiger partial charge on any atom is 0.191 e. The molecular formula is C14H17BrN4OS. The van der Waals surface area contributed by atoms with Crippen LogP contribution < -0.4 is 10.5 Å². The summed E-state index contributed by atoms with van der Waals surface area (Å²) in [5.74, 6) is 2.67. The molecule has 0 unspecified atom stereocenters. The second kappa shape index (κ2) is 6.37. The van der Waals surface area contributed by atoms with Crippen molar-refractivity contribution in [2.45, 2.75) is 37.3 Å². The quantitative estimate of drug-likeness (QED) is 0.821. The minimum Gasteiger partial charge on any atom is -0.493 e. The van der Waals surface area contributed by atoms with Crippen LogP contribution in [0.5, 0.6) is 5.75 Å². The van der Waals surface area contributed by atoms with Gasteiger partial charge in [-0.15, -0.1) is 10.2 Å². The van der Waals surface area contributed by atoms with Crippen LogP contribution in [0.4, 0.5) is 0 Å². The molecule has 0 saturated heterocycles. The normalized spacial score (nSPS) is 13.3. The third kappa shape index (κ3) is 2.95. The maximum absolute atomic E-state index is 5.76. The summed E-state index contributed by atoms with van der Waals surface area (Å²) in [5.41, 5.74) is 8.16. The molecule has 2 N–H and O–H groups in total. The van der Waals surface area contributed by atoms with Crippen molar-refractivity contribution in [3.63, 3.8) is 0 Å². The van der Waals surface area contributed by atoms with Gasteiger partial charge in [0.05, 0.1) is 13.2 Å². The van der Waals surface area contributed by atoms with Crippen molar-refractivity contribution in [2.24, 2.45) is 5.73 Å². The maximum atomic E-state index is 5.76. The number of thioether (sulfide) groups is 1. The van der Waals surface area contributed by atoms with Gasteiger partial charge in [-0.2, -0.15) is 0 Å². The molecule has 1 aliphatic rings. The first-order chi connectivity index (χ1) is 10.2. The SMILES string of the molecule is CCn1c(CN)nnc1SCc1cc(Br)cc2c1OCC2. The van der Waals surface area contributed by atoms with Crippen molar-refractivity contribution in [3.05, 3.63) is 33.6 Å². The summed E-state index contributed by atoms with van der Waals surface area (Å²) < 4.78 is 8.92. The van der Waals surface area contributed by atoms with Gasteiger partial charge in [0.1, 0.15) is 11.6 Å². The van der Waals surface area contributed by atoms with Gasteiger partial charge in [0, 0.05) is 28.8 Å². The molecule has 0 bridgehead atoms. The van der Waals surface area contributed by atoms with Crippen LogP contribution in [0, 0.1) is 0 Å². The smallest absolute Gasteiger partial charge is 0.191 e. The largest absolute Gasteiger partial charge is 0.493 e.